The van der Waals surface area contributed by atoms with Crippen LogP contribution in [0.15, 0.2) is 0 Å². The van der Waals surface area contributed by atoms with Gasteiger partial charge in [0.25, 0.3) is 30.4 Å². The first kappa shape index (κ1) is 35.9. The van der Waals surface area contributed by atoms with E-state index in [9.17, 15) is 34.8 Å². The number of carbonyl (C=O) groups excluding carboxylic acids is 2. The van der Waals surface area contributed by atoms with Gasteiger partial charge in [-0.25, -0.2) is 0 Å². The average molecular weight is 595 g/mol. The summed E-state index contributed by atoms with van der Waals surface area (Å²) in [4.78, 5) is 23.5. The molecule has 1 unspecified atom stereocenters. The first-order chi connectivity index (χ1) is 17.1. The van der Waals surface area contributed by atoms with Crippen molar-refractivity contribution in [1.29, 1.82) is 0 Å². The van der Waals surface area contributed by atoms with E-state index in [4.69, 9.17) is 18.4 Å². The third-order valence-corrected chi connectivity index (χ3v) is 8.82. The van der Waals surface area contributed by atoms with Crippen LogP contribution in [0.3, 0.4) is 0 Å². The third-order valence-electron chi connectivity index (χ3n) is 5.74. The lowest BCUT2D eigenvalue weighted by Crippen LogP contribution is -2.29. The summed E-state index contributed by atoms with van der Waals surface area (Å²) in [5, 5.41) is -1.56. The second-order valence-electron chi connectivity index (χ2n) is 9.26. The summed E-state index contributed by atoms with van der Waals surface area (Å²) >= 11 is 0. The van der Waals surface area contributed by atoms with Gasteiger partial charge >= 0.3 is 11.9 Å². The van der Waals surface area contributed by atoms with Gasteiger partial charge in [-0.1, -0.05) is 70.6 Å². The average Bonchev–Trinajstić information content (AvgIpc) is 2.73. The Hall–Kier alpha value is -1.13. The summed E-state index contributed by atoms with van der Waals surface area (Å²) < 4.78 is 96.7. The predicted octanol–water partition coefficient (Wildman–Crippen LogP) is 3.72. The van der Waals surface area contributed by atoms with E-state index in [1.165, 1.54) is 0 Å². The van der Waals surface area contributed by atoms with Gasteiger partial charge in [-0.3, -0.25) is 23.2 Å². The summed E-state index contributed by atoms with van der Waals surface area (Å²) in [7, 11) is -13.0. The first-order valence-corrected chi connectivity index (χ1v) is 17.4. The zero-order chi connectivity index (χ0) is 28.4. The molecular formula is C22H42O12S3. The Kier molecular flexibility index (Phi) is 18.4. The fourth-order valence-electron chi connectivity index (χ4n) is 3.75. The van der Waals surface area contributed by atoms with E-state index in [2.05, 4.69) is 0 Å². The van der Waals surface area contributed by atoms with Gasteiger partial charge in [0.2, 0.25) is 0 Å². The number of ether oxygens (including phenoxy) is 1. The molecule has 0 aromatic rings. The number of carbonyl (C=O) groups is 2. The smallest absolute Gasteiger partial charge is 0.313 e. The Morgan fingerprint density at radius 3 is 1.30 bits per heavy atom. The second-order valence-corrected chi connectivity index (χ2v) is 14.0. The molecule has 220 valence electrons. The number of rotatable bonds is 23. The predicted molar refractivity (Wildman–Crippen MR) is 138 cm³/mol. The van der Waals surface area contributed by atoms with Crippen LogP contribution in [0.25, 0.3) is 0 Å². The molecule has 0 saturated heterocycles. The Bertz CT molecular complexity index is 972. The van der Waals surface area contributed by atoms with Crippen molar-refractivity contribution in [1.82, 2.24) is 0 Å². The highest BCUT2D eigenvalue weighted by molar-refractivity contribution is 7.90. The van der Waals surface area contributed by atoms with Crippen LogP contribution in [0, 0.1) is 0 Å². The zero-order valence-corrected chi connectivity index (χ0v) is 23.7. The molecule has 0 aromatic carbocycles. The second kappa shape index (κ2) is 19.0. The number of hydrogen-bond acceptors (Lipinski definition) is 9. The van der Waals surface area contributed by atoms with Crippen LogP contribution in [0.1, 0.15) is 109 Å². The number of unbranched alkanes of at least 4 members (excludes halogenated alkanes) is 12. The van der Waals surface area contributed by atoms with E-state index >= 15 is 0 Å². The van der Waals surface area contributed by atoms with Gasteiger partial charge in [-0.15, -0.1) is 0 Å². The lowest BCUT2D eigenvalue weighted by Gasteiger charge is -2.11. The monoisotopic (exact) mass is 594 g/mol. The molecule has 0 amide bonds. The summed E-state index contributed by atoms with van der Waals surface area (Å²) in [6.45, 7) is 0. The quantitative estimate of drug-likeness (QED) is 0.0669. The summed E-state index contributed by atoms with van der Waals surface area (Å²) in [5.41, 5.74) is 0. The summed E-state index contributed by atoms with van der Waals surface area (Å²) in [5.74, 6) is -2.37. The van der Waals surface area contributed by atoms with Crippen LogP contribution in [-0.4, -0.2) is 67.6 Å². The van der Waals surface area contributed by atoms with Crippen LogP contribution < -0.4 is 0 Å². The Morgan fingerprint density at radius 1 is 0.541 bits per heavy atom. The highest BCUT2D eigenvalue weighted by atomic mass is 32.2. The van der Waals surface area contributed by atoms with Crippen LogP contribution >= 0.6 is 0 Å². The topological polar surface area (TPSA) is 206 Å². The van der Waals surface area contributed by atoms with Crippen molar-refractivity contribution < 1.29 is 53.2 Å². The maximum Gasteiger partial charge on any atom is 0.313 e. The number of esters is 2. The number of hydrogen-bond donors (Lipinski definition) is 3. The highest BCUT2D eigenvalue weighted by Crippen LogP contribution is 2.15. The minimum absolute atomic E-state index is 0.0905. The van der Waals surface area contributed by atoms with Crippen molar-refractivity contribution >= 4 is 42.3 Å². The zero-order valence-electron chi connectivity index (χ0n) is 21.3. The van der Waals surface area contributed by atoms with E-state index in [1.54, 1.807) is 0 Å². The normalized spacial score (nSPS) is 13.4. The largest absolute Gasteiger partial charge is 0.393 e. The molecule has 0 saturated carbocycles. The molecule has 0 aromatic heterocycles. The SMILES string of the molecule is O=C(CCCCCCCCCCS(=O)(=O)O)OC(=O)CCCCCCCCC(CS(=O)(=O)O)S(=O)(=O)O. The molecule has 0 fully saturated rings. The Labute approximate surface area is 221 Å². The molecule has 0 spiro atoms. The molecule has 0 aliphatic heterocycles. The van der Waals surface area contributed by atoms with Crippen LogP contribution in [-0.2, 0) is 44.7 Å². The molecule has 0 rings (SSSR count). The summed E-state index contributed by atoms with van der Waals surface area (Å²) in [6.07, 6.45) is 10.2. The van der Waals surface area contributed by atoms with Crippen molar-refractivity contribution in [3.8, 4) is 0 Å². The third kappa shape index (κ3) is 24.9. The lowest BCUT2D eigenvalue weighted by molar-refractivity contribution is -0.159. The fourth-order valence-corrected chi connectivity index (χ4v) is 6.62. The molecule has 0 heterocycles. The van der Waals surface area contributed by atoms with Crippen LogP contribution in [0.5, 0.6) is 0 Å². The van der Waals surface area contributed by atoms with Crippen molar-refractivity contribution in [3.05, 3.63) is 0 Å². The van der Waals surface area contributed by atoms with Crippen LogP contribution in [0.2, 0.25) is 0 Å². The van der Waals surface area contributed by atoms with Crippen LogP contribution in [0.4, 0.5) is 0 Å². The van der Waals surface area contributed by atoms with Crippen molar-refractivity contribution in [2.45, 2.75) is 114 Å². The molecule has 0 aliphatic carbocycles. The Morgan fingerprint density at radius 2 is 0.919 bits per heavy atom. The molecular weight excluding hydrogens is 552 g/mol. The highest BCUT2D eigenvalue weighted by Gasteiger charge is 2.27. The first-order valence-electron chi connectivity index (χ1n) is 12.7. The van der Waals surface area contributed by atoms with Gasteiger partial charge in [-0.05, 0) is 25.7 Å². The van der Waals surface area contributed by atoms with Gasteiger partial charge in [0.05, 0.1) is 11.5 Å². The molecule has 0 aliphatic rings. The maximum atomic E-state index is 11.7. The molecule has 1 atom stereocenters. The standard InChI is InChI=1S/C22H42O12S3/c23-21(16-12-8-3-1-2-6-10-14-18-35(25,26)27)34-22(24)17-13-9-5-4-7-11-15-20(37(31,32)33)19-36(28,29)30/h20H,1-19H2,(H,25,26,27)(H,28,29,30)(H,31,32,33). The van der Waals surface area contributed by atoms with E-state index < -0.39 is 53.3 Å². The van der Waals surface area contributed by atoms with Crippen molar-refractivity contribution in [2.24, 2.45) is 0 Å². The van der Waals surface area contributed by atoms with E-state index in [1.807, 2.05) is 0 Å². The minimum atomic E-state index is -4.58. The molecule has 0 bridgehead atoms. The molecule has 0 radical (unpaired) electrons. The molecule has 37 heavy (non-hydrogen) atoms. The van der Waals surface area contributed by atoms with E-state index in [0.717, 1.165) is 44.9 Å². The molecule has 15 heteroatoms. The maximum absolute atomic E-state index is 11.7. The van der Waals surface area contributed by atoms with Crippen molar-refractivity contribution in [2.75, 3.05) is 11.5 Å². The minimum Gasteiger partial charge on any atom is -0.393 e. The summed E-state index contributed by atoms with van der Waals surface area (Å²) in [6, 6.07) is 0. The molecule has 12 nitrogen and oxygen atoms in total. The Balaban J connectivity index is 3.69. The molecule has 3 N–H and O–H groups in total. The lowest BCUT2D eigenvalue weighted by atomic mass is 10.1. The fraction of sp³-hybridized carbons (Fsp3) is 0.909. The van der Waals surface area contributed by atoms with Gasteiger partial charge < -0.3 is 4.74 Å². The van der Waals surface area contributed by atoms with E-state index in [0.29, 0.717) is 44.9 Å². The van der Waals surface area contributed by atoms with Gasteiger partial charge in [0.1, 0.15) is 5.25 Å². The van der Waals surface area contributed by atoms with Gasteiger partial charge in [-0.2, -0.15) is 25.3 Å². The van der Waals surface area contributed by atoms with E-state index in [-0.39, 0.29) is 25.0 Å². The van der Waals surface area contributed by atoms with Gasteiger partial charge in [0, 0.05) is 12.8 Å². The van der Waals surface area contributed by atoms with Crippen molar-refractivity contribution in [3.63, 3.8) is 0 Å². The van der Waals surface area contributed by atoms with Gasteiger partial charge in [0.15, 0.2) is 0 Å².